The topological polar surface area (TPSA) is 60.2 Å². The molecule has 1 amide bonds. The van der Waals surface area contributed by atoms with E-state index in [1.807, 2.05) is 4.90 Å². The average molecular weight is 329 g/mol. The van der Waals surface area contributed by atoms with Gasteiger partial charge in [0.25, 0.3) is 0 Å². The maximum atomic E-state index is 12.2. The van der Waals surface area contributed by atoms with Gasteiger partial charge in [-0.3, -0.25) is 4.79 Å². The lowest BCUT2D eigenvalue weighted by Gasteiger charge is -2.29. The number of ether oxygens (including phenoxy) is 1. The Morgan fingerprint density at radius 1 is 1.45 bits per heavy atom. The number of aryl methyl sites for hydroxylation is 1. The predicted octanol–water partition coefficient (Wildman–Crippen LogP) is 1.85. The van der Waals surface area contributed by atoms with Gasteiger partial charge in [-0.15, -0.1) is 22.6 Å². The molecular formula is C15H25ClN4O2. The molecule has 3 rings (SSSR count). The molecule has 0 radical (unpaired) electrons. The van der Waals surface area contributed by atoms with Crippen molar-refractivity contribution in [2.24, 2.45) is 5.41 Å². The second-order valence-corrected chi connectivity index (χ2v) is 6.30. The standard InChI is InChI=1S/C15H24N4O2.ClH/c1-3-18-11-16-17-14(18)12-8-19(13(20)9-21-2)10-15(12)6-4-5-7-15;/h11-12H,3-10H2,1-2H3;1H. The minimum absolute atomic E-state index is 0. The van der Waals surface area contributed by atoms with Crippen molar-refractivity contribution in [2.75, 3.05) is 26.8 Å². The highest BCUT2D eigenvalue weighted by atomic mass is 35.5. The summed E-state index contributed by atoms with van der Waals surface area (Å²) in [6.45, 7) is 4.75. The van der Waals surface area contributed by atoms with Gasteiger partial charge >= 0.3 is 0 Å². The van der Waals surface area contributed by atoms with Crippen molar-refractivity contribution < 1.29 is 9.53 Å². The average Bonchev–Trinajstić information content (AvgIpc) is 3.20. The fraction of sp³-hybridized carbons (Fsp3) is 0.800. The van der Waals surface area contributed by atoms with Crippen molar-refractivity contribution in [1.29, 1.82) is 0 Å². The molecule has 6 nitrogen and oxygen atoms in total. The van der Waals surface area contributed by atoms with Gasteiger partial charge in [0.2, 0.25) is 5.91 Å². The molecule has 0 bridgehead atoms. The zero-order chi connectivity index (χ0) is 14.9. The Balaban J connectivity index is 0.00000176. The first-order valence-electron chi connectivity index (χ1n) is 7.84. The number of aromatic nitrogens is 3. The van der Waals surface area contributed by atoms with Crippen LogP contribution in [0.3, 0.4) is 0 Å². The molecular weight excluding hydrogens is 304 g/mol. The second-order valence-electron chi connectivity index (χ2n) is 6.30. The molecule has 1 unspecified atom stereocenters. The molecule has 2 aliphatic rings. The van der Waals surface area contributed by atoms with Gasteiger partial charge in [0.15, 0.2) is 0 Å². The van der Waals surface area contributed by atoms with E-state index in [9.17, 15) is 4.79 Å². The minimum atomic E-state index is 0. The summed E-state index contributed by atoms with van der Waals surface area (Å²) in [5.41, 5.74) is 0.198. The number of amides is 1. The number of carbonyl (C=O) groups is 1. The van der Waals surface area contributed by atoms with Crippen LogP contribution < -0.4 is 0 Å². The van der Waals surface area contributed by atoms with E-state index in [-0.39, 0.29) is 30.3 Å². The second kappa shape index (κ2) is 6.96. The molecule has 1 atom stereocenters. The number of hydrogen-bond acceptors (Lipinski definition) is 4. The highest BCUT2D eigenvalue weighted by Crippen LogP contribution is 2.52. The van der Waals surface area contributed by atoms with Gasteiger partial charge in [0.05, 0.1) is 0 Å². The fourth-order valence-electron chi connectivity index (χ4n) is 4.09. The molecule has 7 heteroatoms. The first-order valence-corrected chi connectivity index (χ1v) is 7.84. The zero-order valence-corrected chi connectivity index (χ0v) is 14.1. The molecule has 2 heterocycles. The monoisotopic (exact) mass is 328 g/mol. The Bertz CT molecular complexity index is 513. The number of halogens is 1. The van der Waals surface area contributed by atoms with Crippen LogP contribution in [0, 0.1) is 5.41 Å². The van der Waals surface area contributed by atoms with Gasteiger partial charge in [-0.05, 0) is 25.2 Å². The third-order valence-corrected chi connectivity index (χ3v) is 5.17. The number of rotatable bonds is 4. The zero-order valence-electron chi connectivity index (χ0n) is 13.3. The van der Waals surface area contributed by atoms with Crippen molar-refractivity contribution in [3.05, 3.63) is 12.2 Å². The van der Waals surface area contributed by atoms with E-state index in [0.29, 0.717) is 5.92 Å². The van der Waals surface area contributed by atoms with Crippen molar-refractivity contribution in [2.45, 2.75) is 45.1 Å². The van der Waals surface area contributed by atoms with E-state index in [2.05, 4.69) is 21.7 Å². The van der Waals surface area contributed by atoms with Gasteiger partial charge < -0.3 is 14.2 Å². The number of methoxy groups -OCH3 is 1. The summed E-state index contributed by atoms with van der Waals surface area (Å²) in [7, 11) is 1.57. The van der Waals surface area contributed by atoms with E-state index < -0.39 is 0 Å². The van der Waals surface area contributed by atoms with Gasteiger partial charge in [-0.2, -0.15) is 0 Å². The largest absolute Gasteiger partial charge is 0.375 e. The molecule has 22 heavy (non-hydrogen) atoms. The molecule has 1 saturated carbocycles. The third kappa shape index (κ3) is 2.86. The van der Waals surface area contributed by atoms with Crippen LogP contribution >= 0.6 is 12.4 Å². The molecule has 1 aromatic rings. The van der Waals surface area contributed by atoms with Crippen LogP contribution in [0.25, 0.3) is 0 Å². The Hall–Kier alpha value is -1.14. The fourth-order valence-corrected chi connectivity index (χ4v) is 4.09. The van der Waals surface area contributed by atoms with Crippen LogP contribution in [0.5, 0.6) is 0 Å². The molecule has 0 N–H and O–H groups in total. The van der Waals surface area contributed by atoms with E-state index in [1.54, 1.807) is 13.4 Å². The molecule has 1 aliphatic carbocycles. The van der Waals surface area contributed by atoms with Gasteiger partial charge in [-0.25, -0.2) is 0 Å². The molecule has 1 aliphatic heterocycles. The predicted molar refractivity (Wildman–Crippen MR) is 85.0 cm³/mol. The highest BCUT2D eigenvalue weighted by Gasteiger charge is 2.51. The third-order valence-electron chi connectivity index (χ3n) is 5.17. The SMILES string of the molecule is CCn1cnnc1C1CN(C(=O)COC)CC12CCCC2.Cl. The first kappa shape index (κ1) is 17.2. The van der Waals surface area contributed by atoms with Crippen molar-refractivity contribution in [3.63, 3.8) is 0 Å². The quantitative estimate of drug-likeness (QED) is 0.846. The van der Waals surface area contributed by atoms with Gasteiger partial charge in [0.1, 0.15) is 18.8 Å². The van der Waals surface area contributed by atoms with Crippen LogP contribution in [-0.4, -0.2) is 52.4 Å². The van der Waals surface area contributed by atoms with Crippen LogP contribution in [0.4, 0.5) is 0 Å². The first-order chi connectivity index (χ1) is 10.2. The van der Waals surface area contributed by atoms with Gasteiger partial charge in [0, 0.05) is 32.7 Å². The summed E-state index contributed by atoms with van der Waals surface area (Å²) in [6.07, 6.45) is 6.68. The normalized spacial score (nSPS) is 23.0. The van der Waals surface area contributed by atoms with Crippen LogP contribution in [0.2, 0.25) is 0 Å². The summed E-state index contributed by atoms with van der Waals surface area (Å²) in [6, 6.07) is 0. The Kier molecular flexibility index (Phi) is 5.45. The molecule has 124 valence electrons. The van der Waals surface area contributed by atoms with E-state index in [4.69, 9.17) is 4.74 Å². The molecule has 1 saturated heterocycles. The van der Waals surface area contributed by atoms with E-state index in [0.717, 1.165) is 25.5 Å². The summed E-state index contributed by atoms with van der Waals surface area (Å²) in [4.78, 5) is 14.2. The molecule has 0 aromatic carbocycles. The Labute approximate surface area is 137 Å². The lowest BCUT2D eigenvalue weighted by atomic mass is 9.76. The molecule has 2 fully saturated rings. The summed E-state index contributed by atoms with van der Waals surface area (Å²) in [5, 5.41) is 8.45. The Morgan fingerprint density at radius 3 is 2.82 bits per heavy atom. The van der Waals surface area contributed by atoms with Gasteiger partial charge in [-0.1, -0.05) is 12.8 Å². The highest BCUT2D eigenvalue weighted by molar-refractivity contribution is 5.85. The molecule has 1 spiro atoms. The number of carbonyl (C=O) groups excluding carboxylic acids is 1. The molecule has 1 aromatic heterocycles. The number of nitrogens with zero attached hydrogens (tertiary/aromatic N) is 4. The smallest absolute Gasteiger partial charge is 0.248 e. The van der Waals surface area contributed by atoms with Crippen molar-refractivity contribution >= 4 is 18.3 Å². The van der Waals surface area contributed by atoms with Crippen molar-refractivity contribution in [1.82, 2.24) is 19.7 Å². The summed E-state index contributed by atoms with van der Waals surface area (Å²) >= 11 is 0. The van der Waals surface area contributed by atoms with Crippen molar-refractivity contribution in [3.8, 4) is 0 Å². The van der Waals surface area contributed by atoms with Crippen LogP contribution in [0.1, 0.15) is 44.3 Å². The minimum Gasteiger partial charge on any atom is -0.375 e. The lowest BCUT2D eigenvalue weighted by molar-refractivity contribution is -0.134. The Morgan fingerprint density at radius 2 is 2.18 bits per heavy atom. The van der Waals surface area contributed by atoms with E-state index in [1.165, 1.54) is 25.7 Å². The number of hydrogen-bond donors (Lipinski definition) is 0. The lowest BCUT2D eigenvalue weighted by Crippen LogP contribution is -2.33. The number of likely N-dealkylation sites (tertiary alicyclic amines) is 1. The summed E-state index contributed by atoms with van der Waals surface area (Å²) in [5.74, 6) is 1.45. The summed E-state index contributed by atoms with van der Waals surface area (Å²) < 4.78 is 7.13. The van der Waals surface area contributed by atoms with Crippen LogP contribution in [-0.2, 0) is 16.1 Å². The van der Waals surface area contributed by atoms with E-state index >= 15 is 0 Å². The maximum absolute atomic E-state index is 12.2. The maximum Gasteiger partial charge on any atom is 0.248 e. The van der Waals surface area contributed by atoms with Crippen LogP contribution in [0.15, 0.2) is 6.33 Å².